The smallest absolute Gasteiger partial charge is 0.333 e. The lowest BCUT2D eigenvalue weighted by Crippen LogP contribution is -2.38. The van der Waals surface area contributed by atoms with Crippen LogP contribution in [-0.4, -0.2) is 37.0 Å². The van der Waals surface area contributed by atoms with Crippen molar-refractivity contribution in [1.29, 1.82) is 0 Å². The number of ether oxygens (including phenoxy) is 4. The first-order chi connectivity index (χ1) is 18.9. The maximum Gasteiger partial charge on any atom is 0.333 e. The summed E-state index contributed by atoms with van der Waals surface area (Å²) in [5, 5.41) is 4.81. The standard InChI is InChI=1S/C29H26N2O7S/c1-3-36-28(33)14-27-31(16-26(32)30-15-19-5-9-23-24(11-19)38-17-37-23)29(34)25(39-27)12-18-4-6-21-13-22(35-2)8-7-20(21)10-18/h4-14H,3,15-17H2,1-2H3,(H,30,32). The minimum atomic E-state index is -0.584. The second-order valence-electron chi connectivity index (χ2n) is 8.67. The maximum absolute atomic E-state index is 13.4. The number of amides is 1. The number of carbonyl (C=O) groups is 2. The van der Waals surface area contributed by atoms with Gasteiger partial charge in [0, 0.05) is 6.54 Å². The average Bonchev–Trinajstić information content (AvgIpc) is 3.51. The highest BCUT2D eigenvalue weighted by Crippen LogP contribution is 2.32. The summed E-state index contributed by atoms with van der Waals surface area (Å²) in [5.41, 5.74) is 1.27. The number of nitrogens with zero attached hydrogens (tertiary/aromatic N) is 1. The van der Waals surface area contributed by atoms with Crippen LogP contribution in [0, 0.1) is 0 Å². The molecule has 1 aromatic heterocycles. The van der Waals surface area contributed by atoms with Gasteiger partial charge < -0.3 is 24.3 Å². The summed E-state index contributed by atoms with van der Waals surface area (Å²) >= 11 is 1.12. The van der Waals surface area contributed by atoms with Gasteiger partial charge in [-0.15, -0.1) is 11.3 Å². The number of aromatic nitrogens is 1. The molecule has 0 fully saturated rings. The second-order valence-corrected chi connectivity index (χ2v) is 9.74. The highest BCUT2D eigenvalue weighted by atomic mass is 32.1. The van der Waals surface area contributed by atoms with Crippen molar-refractivity contribution in [3.8, 4) is 17.2 Å². The highest BCUT2D eigenvalue weighted by molar-refractivity contribution is 7.07. The van der Waals surface area contributed by atoms with Crippen LogP contribution >= 0.6 is 11.3 Å². The van der Waals surface area contributed by atoms with Gasteiger partial charge in [0.1, 0.15) is 17.0 Å². The van der Waals surface area contributed by atoms with E-state index in [1.54, 1.807) is 32.2 Å². The number of methoxy groups -OCH3 is 1. The highest BCUT2D eigenvalue weighted by Gasteiger charge is 2.15. The molecule has 2 heterocycles. The fraction of sp³-hybridized carbons (Fsp3) is 0.207. The number of hydrogen-bond donors (Lipinski definition) is 1. The number of thiazole rings is 1. The average molecular weight is 547 g/mol. The molecule has 39 heavy (non-hydrogen) atoms. The van der Waals surface area contributed by atoms with E-state index in [-0.39, 0.29) is 38.0 Å². The first kappa shape index (κ1) is 26.1. The van der Waals surface area contributed by atoms with E-state index >= 15 is 0 Å². The summed E-state index contributed by atoms with van der Waals surface area (Å²) in [4.78, 5) is 38.4. The Kier molecular flexibility index (Phi) is 7.64. The molecule has 1 aliphatic heterocycles. The Morgan fingerprint density at radius 2 is 1.85 bits per heavy atom. The molecule has 1 N–H and O–H groups in total. The predicted octanol–water partition coefficient (Wildman–Crippen LogP) is 2.29. The molecule has 0 spiro atoms. The summed E-state index contributed by atoms with van der Waals surface area (Å²) < 4.78 is 23.0. The van der Waals surface area contributed by atoms with Gasteiger partial charge in [-0.1, -0.05) is 24.3 Å². The summed E-state index contributed by atoms with van der Waals surface area (Å²) in [6.07, 6.45) is 2.99. The Bertz CT molecular complexity index is 1740. The van der Waals surface area contributed by atoms with Crippen LogP contribution in [0.15, 0.2) is 59.4 Å². The van der Waals surface area contributed by atoms with Crippen LogP contribution in [0.3, 0.4) is 0 Å². The monoisotopic (exact) mass is 546 g/mol. The summed E-state index contributed by atoms with van der Waals surface area (Å²) in [5.74, 6) is 1.08. The minimum absolute atomic E-state index is 0.166. The molecule has 0 saturated carbocycles. The molecule has 1 amide bonds. The largest absolute Gasteiger partial charge is 0.497 e. The van der Waals surface area contributed by atoms with Crippen LogP contribution in [-0.2, 0) is 27.4 Å². The van der Waals surface area contributed by atoms with Crippen LogP contribution in [0.1, 0.15) is 18.1 Å². The van der Waals surface area contributed by atoms with Gasteiger partial charge in [0.25, 0.3) is 5.56 Å². The fourth-order valence-electron chi connectivity index (χ4n) is 4.14. The molecule has 3 aromatic carbocycles. The van der Waals surface area contributed by atoms with Crippen LogP contribution in [0.5, 0.6) is 17.2 Å². The van der Waals surface area contributed by atoms with E-state index in [9.17, 15) is 14.4 Å². The van der Waals surface area contributed by atoms with Crippen LogP contribution in [0.25, 0.3) is 22.9 Å². The number of hydrogen-bond acceptors (Lipinski definition) is 8. The molecular formula is C29H26N2O7S. The molecule has 200 valence electrons. The quantitative estimate of drug-likeness (QED) is 0.338. The molecule has 9 nitrogen and oxygen atoms in total. The Hall–Kier alpha value is -4.57. The van der Waals surface area contributed by atoms with Crippen LogP contribution in [0.4, 0.5) is 0 Å². The lowest BCUT2D eigenvalue weighted by Gasteiger charge is -2.07. The number of esters is 1. The number of nitrogens with one attached hydrogen (secondary N) is 1. The van der Waals surface area contributed by atoms with E-state index in [2.05, 4.69) is 5.32 Å². The van der Waals surface area contributed by atoms with Gasteiger partial charge in [-0.3, -0.25) is 14.2 Å². The van der Waals surface area contributed by atoms with Crippen molar-refractivity contribution in [2.45, 2.75) is 20.0 Å². The van der Waals surface area contributed by atoms with Crippen molar-refractivity contribution < 1.29 is 28.5 Å². The van der Waals surface area contributed by atoms with Crippen molar-refractivity contribution >= 4 is 46.1 Å². The first-order valence-corrected chi connectivity index (χ1v) is 13.1. The van der Waals surface area contributed by atoms with Crippen molar-refractivity contribution in [1.82, 2.24) is 9.88 Å². The van der Waals surface area contributed by atoms with Gasteiger partial charge in [0.2, 0.25) is 12.7 Å². The van der Waals surface area contributed by atoms with Crippen LogP contribution in [0.2, 0.25) is 0 Å². The van der Waals surface area contributed by atoms with E-state index in [4.69, 9.17) is 18.9 Å². The third-order valence-corrected chi connectivity index (χ3v) is 7.12. The van der Waals surface area contributed by atoms with Crippen LogP contribution < -0.4 is 34.3 Å². The molecule has 0 bridgehead atoms. The van der Waals surface area contributed by atoms with E-state index in [1.165, 1.54) is 10.6 Å². The fourth-order valence-corrected chi connectivity index (χ4v) is 5.17. The van der Waals surface area contributed by atoms with E-state index in [0.29, 0.717) is 20.7 Å². The molecule has 4 aromatic rings. The zero-order valence-electron chi connectivity index (χ0n) is 21.4. The van der Waals surface area contributed by atoms with Gasteiger partial charge in [0.05, 0.1) is 24.3 Å². The summed E-state index contributed by atoms with van der Waals surface area (Å²) in [6.45, 7) is 2.05. The topological polar surface area (TPSA) is 105 Å². The van der Waals surface area contributed by atoms with Crippen molar-refractivity contribution in [2.75, 3.05) is 20.5 Å². The number of fused-ring (bicyclic) bond motifs is 2. The zero-order chi connectivity index (χ0) is 27.4. The third kappa shape index (κ3) is 5.96. The predicted molar refractivity (Wildman–Crippen MR) is 147 cm³/mol. The number of rotatable bonds is 8. The Balaban J connectivity index is 1.42. The second kappa shape index (κ2) is 11.4. The third-order valence-electron chi connectivity index (χ3n) is 6.06. The molecule has 0 atom stereocenters. The Morgan fingerprint density at radius 1 is 1.05 bits per heavy atom. The van der Waals surface area contributed by atoms with E-state index < -0.39 is 5.97 Å². The number of carbonyl (C=O) groups excluding carboxylic acids is 2. The minimum Gasteiger partial charge on any atom is -0.497 e. The van der Waals surface area contributed by atoms with Crippen molar-refractivity contribution in [2.24, 2.45) is 0 Å². The lowest BCUT2D eigenvalue weighted by atomic mass is 10.1. The Morgan fingerprint density at radius 3 is 2.67 bits per heavy atom. The molecule has 5 rings (SSSR count). The normalized spacial score (nSPS) is 13.1. The lowest BCUT2D eigenvalue weighted by molar-refractivity contribution is -0.135. The molecule has 0 aliphatic carbocycles. The molecule has 10 heteroatoms. The van der Waals surface area contributed by atoms with Gasteiger partial charge in [0.15, 0.2) is 11.5 Å². The molecule has 0 radical (unpaired) electrons. The molecule has 0 saturated heterocycles. The maximum atomic E-state index is 13.4. The summed E-state index contributed by atoms with van der Waals surface area (Å²) in [6, 6.07) is 17.0. The first-order valence-electron chi connectivity index (χ1n) is 12.3. The van der Waals surface area contributed by atoms with Gasteiger partial charge >= 0.3 is 5.97 Å². The van der Waals surface area contributed by atoms with Crippen molar-refractivity contribution in [3.63, 3.8) is 0 Å². The van der Waals surface area contributed by atoms with E-state index in [0.717, 1.165) is 39.0 Å². The van der Waals surface area contributed by atoms with Crippen molar-refractivity contribution in [3.05, 3.63) is 85.3 Å². The number of benzene rings is 3. The van der Waals surface area contributed by atoms with Gasteiger partial charge in [-0.2, -0.15) is 0 Å². The van der Waals surface area contributed by atoms with Gasteiger partial charge in [-0.05, 0) is 65.2 Å². The molecular weight excluding hydrogens is 520 g/mol. The summed E-state index contributed by atoms with van der Waals surface area (Å²) in [7, 11) is 1.62. The Labute approximate surface area is 227 Å². The molecule has 1 aliphatic rings. The van der Waals surface area contributed by atoms with Gasteiger partial charge in [-0.25, -0.2) is 4.79 Å². The zero-order valence-corrected chi connectivity index (χ0v) is 22.2. The SMILES string of the molecule is CCOC(=O)C=c1sc(=Cc2ccc3cc(OC)ccc3c2)c(=O)n1CC(=O)NCc1ccc2c(c1)OCO2. The van der Waals surface area contributed by atoms with E-state index in [1.807, 2.05) is 42.5 Å². The molecule has 0 unspecified atom stereocenters.